The van der Waals surface area contributed by atoms with Crippen molar-refractivity contribution in [3.05, 3.63) is 59.4 Å². The van der Waals surface area contributed by atoms with Gasteiger partial charge in [-0.2, -0.15) is 0 Å². The molecule has 2 aromatic rings. The minimum absolute atomic E-state index is 0.0588. The molecule has 0 saturated carbocycles. The van der Waals surface area contributed by atoms with Gasteiger partial charge in [0.2, 0.25) is 11.8 Å². The summed E-state index contributed by atoms with van der Waals surface area (Å²) < 4.78 is 13.6. The Bertz CT molecular complexity index is 878. The van der Waals surface area contributed by atoms with Crippen LogP contribution in [0.15, 0.2) is 47.5 Å². The van der Waals surface area contributed by atoms with Gasteiger partial charge in [-0.05, 0) is 49.2 Å². The lowest BCUT2D eigenvalue weighted by molar-refractivity contribution is -0.122. The number of amidine groups is 1. The molecule has 1 atom stereocenters. The van der Waals surface area contributed by atoms with Crippen molar-refractivity contribution in [1.82, 2.24) is 5.32 Å². The third-order valence-corrected chi connectivity index (χ3v) is 4.81. The van der Waals surface area contributed by atoms with E-state index in [9.17, 15) is 14.0 Å². The molecule has 2 amide bonds. The normalized spacial score (nSPS) is 18.0. The monoisotopic (exact) mass is 371 g/mol. The topological polar surface area (TPSA) is 70.6 Å². The Balaban J connectivity index is 1.65. The number of nitrogens with one attached hydrogen (secondary N) is 2. The Morgan fingerprint density at radius 1 is 1.23 bits per heavy atom. The standard InChI is InChI=1S/C19H18FN3O2S/c1-11-7-12(2)9-13(8-11)21-19-23-18(25)16(26-19)10-17(24)22-15-6-4-3-5-14(15)20/h3-9,16H,10H2,1-2H3,(H,22,24)(H,21,23,25)/t16-/m1/s1. The predicted molar refractivity (Wildman–Crippen MR) is 102 cm³/mol. The van der Waals surface area contributed by atoms with Crippen LogP contribution in [-0.4, -0.2) is 22.2 Å². The van der Waals surface area contributed by atoms with Crippen molar-refractivity contribution in [2.45, 2.75) is 25.5 Å². The average Bonchev–Trinajstić information content (AvgIpc) is 2.88. The molecule has 1 saturated heterocycles. The highest BCUT2D eigenvalue weighted by molar-refractivity contribution is 8.15. The highest BCUT2D eigenvalue weighted by Gasteiger charge is 2.32. The lowest BCUT2D eigenvalue weighted by Gasteiger charge is -2.08. The minimum atomic E-state index is -0.591. The quantitative estimate of drug-likeness (QED) is 0.861. The zero-order valence-corrected chi connectivity index (χ0v) is 15.2. The molecule has 0 aromatic heterocycles. The summed E-state index contributed by atoms with van der Waals surface area (Å²) in [5.41, 5.74) is 3.02. The number of hydrogen-bond acceptors (Lipinski definition) is 4. The van der Waals surface area contributed by atoms with Crippen LogP contribution in [-0.2, 0) is 9.59 Å². The summed E-state index contributed by atoms with van der Waals surface area (Å²) in [7, 11) is 0. The first-order valence-electron chi connectivity index (χ1n) is 8.09. The maximum atomic E-state index is 13.6. The lowest BCUT2D eigenvalue weighted by atomic mass is 10.1. The molecular weight excluding hydrogens is 353 g/mol. The third kappa shape index (κ3) is 4.49. The predicted octanol–water partition coefficient (Wildman–Crippen LogP) is 3.69. The zero-order chi connectivity index (χ0) is 18.7. The number of benzene rings is 2. The number of aryl methyl sites for hydroxylation is 2. The molecule has 5 nitrogen and oxygen atoms in total. The van der Waals surface area contributed by atoms with Crippen molar-refractivity contribution in [1.29, 1.82) is 0 Å². The fourth-order valence-corrected chi connectivity index (χ4v) is 3.64. The number of para-hydroxylation sites is 1. The van der Waals surface area contributed by atoms with Crippen molar-refractivity contribution in [2.75, 3.05) is 5.32 Å². The summed E-state index contributed by atoms with van der Waals surface area (Å²) in [6, 6.07) is 11.8. The number of thioether (sulfide) groups is 1. The Morgan fingerprint density at radius 3 is 2.62 bits per heavy atom. The molecule has 134 valence electrons. The third-order valence-electron chi connectivity index (χ3n) is 3.73. The van der Waals surface area contributed by atoms with Gasteiger partial charge in [0.15, 0.2) is 5.17 Å². The van der Waals surface area contributed by atoms with Crippen LogP contribution >= 0.6 is 11.8 Å². The molecule has 26 heavy (non-hydrogen) atoms. The molecule has 0 spiro atoms. The Labute approximate surface area is 155 Å². The SMILES string of the molecule is Cc1cc(C)cc(N=C2NC(=O)[C@@H](CC(=O)Nc3ccccc3F)S2)c1. The van der Waals surface area contributed by atoms with Crippen LogP contribution in [0.1, 0.15) is 17.5 Å². The van der Waals surface area contributed by atoms with Crippen LogP contribution in [0.25, 0.3) is 0 Å². The van der Waals surface area contributed by atoms with Gasteiger partial charge in [0.25, 0.3) is 0 Å². The highest BCUT2D eigenvalue weighted by Crippen LogP contribution is 2.26. The Hall–Kier alpha value is -2.67. The lowest BCUT2D eigenvalue weighted by Crippen LogP contribution is -2.28. The second-order valence-electron chi connectivity index (χ2n) is 6.09. The summed E-state index contributed by atoms with van der Waals surface area (Å²) in [5.74, 6) is -1.21. The first-order chi connectivity index (χ1) is 12.4. The number of amides is 2. The molecular formula is C19H18FN3O2S. The number of hydrogen-bond donors (Lipinski definition) is 2. The number of carbonyl (C=O) groups excluding carboxylic acids is 2. The largest absolute Gasteiger partial charge is 0.324 e. The van der Waals surface area contributed by atoms with E-state index in [2.05, 4.69) is 15.6 Å². The summed E-state index contributed by atoms with van der Waals surface area (Å²) in [6.07, 6.45) is -0.0588. The maximum absolute atomic E-state index is 13.6. The maximum Gasteiger partial charge on any atom is 0.240 e. The van der Waals surface area contributed by atoms with Gasteiger partial charge in [0, 0.05) is 6.42 Å². The molecule has 0 bridgehead atoms. The molecule has 0 unspecified atom stereocenters. The van der Waals surface area contributed by atoms with Crippen LogP contribution in [0.3, 0.4) is 0 Å². The van der Waals surface area contributed by atoms with Gasteiger partial charge in [0.05, 0.1) is 11.4 Å². The molecule has 2 N–H and O–H groups in total. The van der Waals surface area contributed by atoms with Crippen LogP contribution in [0.2, 0.25) is 0 Å². The van der Waals surface area contributed by atoms with E-state index in [1.54, 1.807) is 12.1 Å². The van der Waals surface area contributed by atoms with Gasteiger partial charge in [-0.3, -0.25) is 9.59 Å². The molecule has 1 aliphatic rings. The molecule has 0 aliphatic carbocycles. The average molecular weight is 371 g/mol. The fourth-order valence-electron chi connectivity index (χ4n) is 2.66. The molecule has 1 aliphatic heterocycles. The van der Waals surface area contributed by atoms with E-state index < -0.39 is 17.0 Å². The van der Waals surface area contributed by atoms with Crippen molar-refractivity contribution < 1.29 is 14.0 Å². The molecule has 1 fully saturated rings. The smallest absolute Gasteiger partial charge is 0.240 e. The number of aliphatic imine (C=N–C) groups is 1. The van der Waals surface area contributed by atoms with E-state index in [0.29, 0.717) is 5.17 Å². The van der Waals surface area contributed by atoms with Crippen LogP contribution in [0.5, 0.6) is 0 Å². The van der Waals surface area contributed by atoms with E-state index in [1.165, 1.54) is 23.9 Å². The van der Waals surface area contributed by atoms with Gasteiger partial charge >= 0.3 is 0 Å². The van der Waals surface area contributed by atoms with Gasteiger partial charge in [-0.15, -0.1) is 0 Å². The second kappa shape index (κ2) is 7.70. The van der Waals surface area contributed by atoms with Crippen LogP contribution in [0, 0.1) is 19.7 Å². The number of rotatable bonds is 4. The molecule has 0 radical (unpaired) electrons. The molecule has 7 heteroatoms. The summed E-state index contributed by atoms with van der Waals surface area (Å²) in [5, 5.41) is 5.05. The summed E-state index contributed by atoms with van der Waals surface area (Å²) in [4.78, 5) is 28.6. The second-order valence-corrected chi connectivity index (χ2v) is 7.28. The van der Waals surface area contributed by atoms with Gasteiger partial charge < -0.3 is 10.6 Å². The van der Waals surface area contributed by atoms with Gasteiger partial charge in [0.1, 0.15) is 11.1 Å². The van der Waals surface area contributed by atoms with E-state index in [1.807, 2.05) is 32.0 Å². The van der Waals surface area contributed by atoms with Crippen molar-refractivity contribution in [3.8, 4) is 0 Å². The molecule has 2 aromatic carbocycles. The molecule has 3 rings (SSSR count). The van der Waals surface area contributed by atoms with Gasteiger partial charge in [-0.25, -0.2) is 9.38 Å². The minimum Gasteiger partial charge on any atom is -0.324 e. The van der Waals surface area contributed by atoms with E-state index in [0.717, 1.165) is 16.8 Å². The first kappa shape index (κ1) is 18.1. The number of anilines is 1. The highest BCUT2D eigenvalue weighted by atomic mass is 32.2. The summed E-state index contributed by atoms with van der Waals surface area (Å²) >= 11 is 1.20. The van der Waals surface area contributed by atoms with E-state index >= 15 is 0 Å². The Morgan fingerprint density at radius 2 is 1.92 bits per heavy atom. The van der Waals surface area contributed by atoms with Crippen molar-refractivity contribution >= 4 is 40.1 Å². The number of nitrogens with zero attached hydrogens (tertiary/aromatic N) is 1. The number of halogens is 1. The zero-order valence-electron chi connectivity index (χ0n) is 14.4. The van der Waals surface area contributed by atoms with Crippen molar-refractivity contribution in [3.63, 3.8) is 0 Å². The Kier molecular flexibility index (Phi) is 5.37. The van der Waals surface area contributed by atoms with E-state index in [4.69, 9.17) is 0 Å². The van der Waals surface area contributed by atoms with E-state index in [-0.39, 0.29) is 18.0 Å². The summed E-state index contributed by atoms with van der Waals surface area (Å²) in [6.45, 7) is 3.96. The number of carbonyl (C=O) groups is 2. The molecule has 1 heterocycles. The van der Waals surface area contributed by atoms with Crippen LogP contribution in [0.4, 0.5) is 15.8 Å². The van der Waals surface area contributed by atoms with Crippen molar-refractivity contribution in [2.24, 2.45) is 4.99 Å². The first-order valence-corrected chi connectivity index (χ1v) is 8.97. The van der Waals surface area contributed by atoms with Crippen LogP contribution < -0.4 is 10.6 Å². The fraction of sp³-hybridized carbons (Fsp3) is 0.211. The van der Waals surface area contributed by atoms with Gasteiger partial charge in [-0.1, -0.05) is 30.0 Å².